The molecule has 6 nitrogen and oxygen atoms in total. The lowest BCUT2D eigenvalue weighted by atomic mass is 10.0. The average Bonchev–Trinajstić information content (AvgIpc) is 3.42. The molecule has 1 aliphatic rings. The van der Waals surface area contributed by atoms with E-state index >= 15 is 0 Å². The monoisotopic (exact) mass is 375 g/mol. The van der Waals surface area contributed by atoms with Crippen molar-refractivity contribution in [2.75, 3.05) is 5.32 Å². The van der Waals surface area contributed by atoms with Gasteiger partial charge < -0.3 is 10.1 Å². The molecule has 4 rings (SSSR count). The Kier molecular flexibility index (Phi) is 4.93. The van der Waals surface area contributed by atoms with Crippen LogP contribution in [0.4, 0.5) is 5.82 Å². The van der Waals surface area contributed by atoms with Gasteiger partial charge in [0.1, 0.15) is 5.75 Å². The summed E-state index contributed by atoms with van der Waals surface area (Å²) in [6.45, 7) is 1.38. The molecule has 1 heterocycles. The summed E-state index contributed by atoms with van der Waals surface area (Å²) in [4.78, 5) is 23.2. The van der Waals surface area contributed by atoms with Gasteiger partial charge in [-0.05, 0) is 41.7 Å². The number of amides is 1. The number of nitrogens with zero attached hydrogens (tertiary/aromatic N) is 1. The van der Waals surface area contributed by atoms with Crippen LogP contribution in [-0.2, 0) is 16.0 Å². The minimum atomic E-state index is -0.339. The van der Waals surface area contributed by atoms with Crippen molar-refractivity contribution in [2.24, 2.45) is 0 Å². The summed E-state index contributed by atoms with van der Waals surface area (Å²) in [6, 6.07) is 17.1. The van der Waals surface area contributed by atoms with Crippen molar-refractivity contribution in [2.45, 2.75) is 32.1 Å². The quantitative estimate of drug-likeness (QED) is 0.503. The Balaban J connectivity index is 1.35. The Morgan fingerprint density at radius 2 is 1.71 bits per heavy atom. The van der Waals surface area contributed by atoms with Gasteiger partial charge in [0.15, 0.2) is 5.82 Å². The number of anilines is 1. The second-order valence-corrected chi connectivity index (χ2v) is 7.02. The van der Waals surface area contributed by atoms with Crippen LogP contribution in [0.25, 0.3) is 11.1 Å². The molecule has 2 aromatic carbocycles. The molecule has 3 aromatic rings. The van der Waals surface area contributed by atoms with Gasteiger partial charge in [-0.15, -0.1) is 0 Å². The van der Waals surface area contributed by atoms with E-state index in [9.17, 15) is 9.59 Å². The lowest BCUT2D eigenvalue weighted by molar-refractivity contribution is -0.131. The number of nitrogens with one attached hydrogen (secondary N) is 2. The molecule has 1 amide bonds. The lowest BCUT2D eigenvalue weighted by Gasteiger charge is -2.06. The van der Waals surface area contributed by atoms with Crippen molar-refractivity contribution in [3.05, 3.63) is 65.9 Å². The Morgan fingerprint density at radius 1 is 1.07 bits per heavy atom. The van der Waals surface area contributed by atoms with E-state index in [2.05, 4.69) is 15.5 Å². The first kappa shape index (κ1) is 18.0. The van der Waals surface area contributed by atoms with Gasteiger partial charge >= 0.3 is 5.97 Å². The number of ether oxygens (including phenoxy) is 1. The molecule has 6 heteroatoms. The van der Waals surface area contributed by atoms with Crippen LogP contribution in [0.3, 0.4) is 0 Å². The van der Waals surface area contributed by atoms with Gasteiger partial charge in [0.25, 0.3) is 0 Å². The smallest absolute Gasteiger partial charge is 0.308 e. The summed E-state index contributed by atoms with van der Waals surface area (Å²) in [5, 5.41) is 9.97. The largest absolute Gasteiger partial charge is 0.427 e. The number of esters is 1. The molecule has 0 atom stereocenters. The highest BCUT2D eigenvalue weighted by Crippen LogP contribution is 2.39. The van der Waals surface area contributed by atoms with Gasteiger partial charge in [-0.3, -0.25) is 14.7 Å². The van der Waals surface area contributed by atoms with E-state index in [-0.39, 0.29) is 18.3 Å². The summed E-state index contributed by atoms with van der Waals surface area (Å²) in [7, 11) is 0. The Morgan fingerprint density at radius 3 is 2.32 bits per heavy atom. The number of rotatable bonds is 6. The zero-order valence-electron chi connectivity index (χ0n) is 15.6. The van der Waals surface area contributed by atoms with Crippen molar-refractivity contribution in [1.29, 1.82) is 0 Å². The summed E-state index contributed by atoms with van der Waals surface area (Å²) in [6.07, 6.45) is 2.67. The van der Waals surface area contributed by atoms with E-state index in [4.69, 9.17) is 4.74 Å². The number of H-pyrrole nitrogens is 1. The van der Waals surface area contributed by atoms with E-state index < -0.39 is 0 Å². The van der Waals surface area contributed by atoms with Crippen molar-refractivity contribution >= 4 is 17.7 Å². The number of carbonyl (C=O) groups excluding carboxylic acids is 2. The van der Waals surface area contributed by atoms with Crippen molar-refractivity contribution < 1.29 is 14.3 Å². The molecule has 0 unspecified atom stereocenters. The molecule has 1 aromatic heterocycles. The highest BCUT2D eigenvalue weighted by Gasteiger charge is 2.25. The molecule has 142 valence electrons. The molecule has 28 heavy (non-hydrogen) atoms. The van der Waals surface area contributed by atoms with Crippen LogP contribution in [0.2, 0.25) is 0 Å². The molecule has 0 aliphatic heterocycles. The van der Waals surface area contributed by atoms with E-state index in [0.717, 1.165) is 22.4 Å². The lowest BCUT2D eigenvalue weighted by Crippen LogP contribution is -2.14. The third-order valence-corrected chi connectivity index (χ3v) is 4.65. The van der Waals surface area contributed by atoms with E-state index in [0.29, 0.717) is 17.5 Å². The number of benzene rings is 2. The predicted octanol–water partition coefficient (Wildman–Crippen LogP) is 4.06. The van der Waals surface area contributed by atoms with Crippen LogP contribution < -0.4 is 10.1 Å². The second-order valence-electron chi connectivity index (χ2n) is 7.02. The average molecular weight is 375 g/mol. The van der Waals surface area contributed by atoms with Crippen molar-refractivity contribution in [1.82, 2.24) is 10.2 Å². The molecule has 1 saturated carbocycles. The molecule has 0 saturated heterocycles. The van der Waals surface area contributed by atoms with Gasteiger partial charge in [-0.2, -0.15) is 5.10 Å². The van der Waals surface area contributed by atoms with E-state index in [1.165, 1.54) is 19.8 Å². The molecule has 0 radical (unpaired) electrons. The minimum Gasteiger partial charge on any atom is -0.427 e. The topological polar surface area (TPSA) is 84.1 Å². The van der Waals surface area contributed by atoms with Crippen LogP contribution in [0.5, 0.6) is 5.75 Å². The van der Waals surface area contributed by atoms with Crippen LogP contribution >= 0.6 is 0 Å². The maximum absolute atomic E-state index is 12.3. The van der Waals surface area contributed by atoms with Gasteiger partial charge in [0.2, 0.25) is 5.91 Å². The summed E-state index contributed by atoms with van der Waals surface area (Å²) >= 11 is 0. The van der Waals surface area contributed by atoms with Crippen LogP contribution in [0.15, 0.2) is 54.6 Å². The fourth-order valence-corrected chi connectivity index (χ4v) is 3.07. The highest BCUT2D eigenvalue weighted by molar-refractivity contribution is 5.91. The SMILES string of the molecule is CC(=O)Oc1ccc(-c2ccc(CC(=O)Nc3cc(C4CC4)[nH]n3)cc2)cc1. The predicted molar refractivity (Wildman–Crippen MR) is 106 cm³/mol. The van der Waals surface area contributed by atoms with Crippen molar-refractivity contribution in [3.63, 3.8) is 0 Å². The molecule has 0 spiro atoms. The number of hydrogen-bond acceptors (Lipinski definition) is 4. The summed E-state index contributed by atoms with van der Waals surface area (Å²) < 4.78 is 5.04. The third kappa shape index (κ3) is 4.46. The maximum atomic E-state index is 12.3. The molecular weight excluding hydrogens is 354 g/mol. The third-order valence-electron chi connectivity index (χ3n) is 4.65. The fraction of sp³-hybridized carbons (Fsp3) is 0.227. The van der Waals surface area contributed by atoms with Gasteiger partial charge in [0, 0.05) is 24.6 Å². The van der Waals surface area contributed by atoms with E-state index in [1.54, 1.807) is 12.1 Å². The Bertz CT molecular complexity index is 987. The zero-order chi connectivity index (χ0) is 19.5. The molecule has 1 fully saturated rings. The molecule has 2 N–H and O–H groups in total. The summed E-state index contributed by atoms with van der Waals surface area (Å²) in [5.74, 6) is 1.25. The zero-order valence-corrected chi connectivity index (χ0v) is 15.6. The highest BCUT2D eigenvalue weighted by atomic mass is 16.5. The Labute approximate surface area is 162 Å². The number of aromatic amines is 1. The fourth-order valence-electron chi connectivity index (χ4n) is 3.07. The first-order valence-corrected chi connectivity index (χ1v) is 9.30. The normalized spacial score (nSPS) is 13.2. The molecule has 1 aliphatic carbocycles. The van der Waals surface area contributed by atoms with Crippen LogP contribution in [0, 0.1) is 0 Å². The minimum absolute atomic E-state index is 0.0904. The van der Waals surface area contributed by atoms with Crippen molar-refractivity contribution in [3.8, 4) is 16.9 Å². The summed E-state index contributed by atoms with van der Waals surface area (Å²) in [5.41, 5.74) is 4.06. The Hall–Kier alpha value is -3.41. The first-order valence-electron chi connectivity index (χ1n) is 9.30. The molecule has 0 bridgehead atoms. The van der Waals surface area contributed by atoms with Gasteiger partial charge in [0.05, 0.1) is 6.42 Å². The van der Waals surface area contributed by atoms with Crippen LogP contribution in [-0.4, -0.2) is 22.1 Å². The van der Waals surface area contributed by atoms with Crippen LogP contribution in [0.1, 0.15) is 36.9 Å². The second kappa shape index (κ2) is 7.68. The number of carbonyl (C=O) groups is 2. The number of hydrogen-bond donors (Lipinski definition) is 2. The van der Waals surface area contributed by atoms with Gasteiger partial charge in [-0.25, -0.2) is 0 Å². The number of aromatic nitrogens is 2. The maximum Gasteiger partial charge on any atom is 0.308 e. The van der Waals surface area contributed by atoms with E-state index in [1.807, 2.05) is 42.5 Å². The molecular formula is C22H21N3O3. The standard InChI is InChI=1S/C22H21N3O3/c1-14(26)28-19-10-8-17(9-11-19)16-4-2-15(3-5-16)12-22(27)23-21-13-20(24-25-21)18-6-7-18/h2-5,8-11,13,18H,6-7,12H2,1H3,(H2,23,24,25,27). The first-order chi connectivity index (χ1) is 13.6. The van der Waals surface area contributed by atoms with Gasteiger partial charge in [-0.1, -0.05) is 36.4 Å².